The van der Waals surface area contributed by atoms with Gasteiger partial charge >= 0.3 is 0 Å². The Morgan fingerprint density at radius 3 is 1.53 bits per heavy atom. The highest BCUT2D eigenvalue weighted by Gasteiger charge is 2.44. The van der Waals surface area contributed by atoms with Crippen LogP contribution in [0.25, 0.3) is 32.8 Å². The van der Waals surface area contributed by atoms with E-state index in [2.05, 4.69) is 86.7 Å². The van der Waals surface area contributed by atoms with Crippen LogP contribution >= 0.6 is 25.3 Å². The monoisotopic (exact) mass is 1870 g/mol. The molecule has 0 aliphatic carbocycles. The van der Waals surface area contributed by atoms with Crippen molar-refractivity contribution in [2.75, 3.05) is 26.7 Å². The molecule has 0 aliphatic heterocycles. The number of rotatable bonds is 54. The number of benzene rings is 6. The minimum Gasteiger partial charge on any atom is -0.497 e. The van der Waals surface area contributed by atoms with Crippen molar-refractivity contribution < 1.29 is 91.4 Å². The molecule has 40 heteroatoms. The third kappa shape index (κ3) is 34.3. The number of nitrogens with one attached hydrogen (secondary N) is 14. The number of amides is 17. The van der Waals surface area contributed by atoms with Gasteiger partial charge in [-0.05, 0) is 162 Å². The Morgan fingerprint density at radius 1 is 0.451 bits per heavy atom. The molecule has 25 N–H and O–H groups in total. The van der Waals surface area contributed by atoms with Crippen molar-refractivity contribution in [3.8, 4) is 16.9 Å². The number of nitrogens with two attached hydrogens (primary N) is 5. The molecule has 0 spiro atoms. The standard InChI is InChI=1S/C93H123N19O19S2/c1-52(113)77(110-82(122)66(37-39-72(95)115)103-88(128)78(91(3,4)132)109-76(119)47-55-27-32-59(33-28-55)57-20-10-9-11-21-57)87(127)106-70(48-61-50-100-64-25-15-14-24-63(61)64)85(125)102-67(38-40-73(96)116)83(123)111-79(92(5,6)133)89(129)107-68(45-54-30-35-62(131-8)36-31-54)84(124)104-69(46-56-29-34-58-22-12-13-23-60(58)44-56)86(126)112-93(7,41-17-18-42-94)90(130)108-65(26-16-19-43-99-53(2)114)81(121)105-71(49-74(97)117)80(120)101-51-75(98)118/h9-15,20-25,27-36,44,50,52,65-71,77-79,100,113,132-133H,16-19,26,37-43,45-49,51,94H2,1-8H3,(H2,95,115)(H2,96,116)(H2,97,117)(H2,98,118)(H,99,114)(H,101,120)(H,102,125)(H,103,128)(H,104,124)(H,105,121)(H,106,127)(H,107,129)(H,108,130)(H,109,119)(H,110,122)(H,111,123)(H,112,126)/t52-,65+,66+,67+,68+,69+,70+,71+,77+,78-,79-,93+/m1/s1. The summed E-state index contributed by atoms with van der Waals surface area (Å²) < 4.78 is 2.50. The van der Waals surface area contributed by atoms with Gasteiger partial charge in [-0.25, -0.2) is 0 Å². The minimum absolute atomic E-state index is 0.135. The lowest BCUT2D eigenvalue weighted by Gasteiger charge is -2.34. The fourth-order valence-electron chi connectivity index (χ4n) is 14.6. The third-order valence-electron chi connectivity index (χ3n) is 21.9. The Hall–Kier alpha value is -13.5. The van der Waals surface area contributed by atoms with Crippen LogP contribution in [0.5, 0.6) is 5.75 Å². The van der Waals surface area contributed by atoms with E-state index in [1.165, 1.54) is 48.7 Å². The van der Waals surface area contributed by atoms with Gasteiger partial charge in [0.1, 0.15) is 71.7 Å². The summed E-state index contributed by atoms with van der Waals surface area (Å²) >= 11 is 9.39. The number of thiol groups is 2. The van der Waals surface area contributed by atoms with Crippen molar-refractivity contribution in [3.05, 3.63) is 174 Å². The second-order valence-electron chi connectivity index (χ2n) is 34.0. The lowest BCUT2D eigenvalue weighted by molar-refractivity contribution is -0.138. The zero-order valence-corrected chi connectivity index (χ0v) is 77.4. The van der Waals surface area contributed by atoms with Crippen LogP contribution < -0.4 is 103 Å². The SMILES string of the molecule is COc1ccc(C[C@H](NC(=O)[C@@H](NC(=O)[C@H](CCC(N)=O)NC(=O)[C@H](Cc2c[nH]c3ccccc23)NC(=O)[C@@H](NC(=O)[C@H](CCC(N)=O)NC(=O)[C@@H](NC(=O)Cc2ccc(-c3ccccc3)cc2)C(C)(C)S)[C@@H](C)O)C(C)(C)S)C(=O)N[C@@H](Cc2ccc3ccccc3c2)C(=O)N[C@@](C)(CCCCN)C(=O)N[C@@H](CCCCNC(C)=O)C(=O)N[C@@H](CC(N)=O)C(=O)NCC(N)=O)cc1. The number of ether oxygens (including phenoxy) is 1. The second-order valence-corrected chi connectivity index (χ2v) is 36.3. The van der Waals surface area contributed by atoms with Gasteiger partial charge in [-0.2, -0.15) is 25.3 Å². The summed E-state index contributed by atoms with van der Waals surface area (Å²) in [5.74, 6) is -15.9. The summed E-state index contributed by atoms with van der Waals surface area (Å²) in [4.78, 5) is 242. The van der Waals surface area contributed by atoms with Crippen molar-refractivity contribution in [2.45, 2.75) is 226 Å². The highest BCUT2D eigenvalue weighted by Crippen LogP contribution is 2.27. The number of para-hydroxylation sites is 1. The number of carbonyl (C=O) groups excluding carboxylic acids is 17. The van der Waals surface area contributed by atoms with Crippen LogP contribution in [0.4, 0.5) is 0 Å². The highest BCUT2D eigenvalue weighted by atomic mass is 32.1. The number of aliphatic hydroxyl groups excluding tert-OH is 1. The average molecular weight is 1880 g/mol. The summed E-state index contributed by atoms with van der Waals surface area (Å²) in [5, 5.41) is 47.3. The molecule has 6 aromatic carbocycles. The molecule has 0 aliphatic rings. The van der Waals surface area contributed by atoms with Crippen LogP contribution in [0, 0.1) is 0 Å². The number of aromatic nitrogens is 1. The van der Waals surface area contributed by atoms with Crippen LogP contribution in [0.15, 0.2) is 152 Å². The first-order chi connectivity index (χ1) is 62.8. The van der Waals surface area contributed by atoms with Gasteiger partial charge in [0.2, 0.25) is 100 Å². The quantitative estimate of drug-likeness (QED) is 0.0179. The van der Waals surface area contributed by atoms with Crippen LogP contribution in [0.2, 0.25) is 0 Å². The summed E-state index contributed by atoms with van der Waals surface area (Å²) in [7, 11) is 1.42. The number of hydrogen-bond acceptors (Lipinski definition) is 22. The molecule has 7 rings (SSSR count). The van der Waals surface area contributed by atoms with Gasteiger partial charge < -0.3 is 113 Å². The summed E-state index contributed by atoms with van der Waals surface area (Å²) in [6, 6.07) is 25.6. The van der Waals surface area contributed by atoms with Gasteiger partial charge in [0.05, 0.1) is 32.6 Å². The van der Waals surface area contributed by atoms with Crippen LogP contribution in [0.1, 0.15) is 141 Å². The number of hydrogen-bond donors (Lipinski definition) is 22. The molecule has 7 aromatic rings. The number of fused-ring (bicyclic) bond motifs is 2. The van der Waals surface area contributed by atoms with E-state index in [-0.39, 0.29) is 76.8 Å². The molecule has 12 atom stereocenters. The molecule has 716 valence electrons. The lowest BCUT2D eigenvalue weighted by Crippen LogP contribution is -2.65. The molecule has 1 heterocycles. The molecule has 0 saturated heterocycles. The smallest absolute Gasteiger partial charge is 0.246 e. The van der Waals surface area contributed by atoms with E-state index in [1.807, 2.05) is 60.7 Å². The predicted octanol–water partition coefficient (Wildman–Crippen LogP) is 0.231. The molecule has 0 bridgehead atoms. The zero-order valence-electron chi connectivity index (χ0n) is 75.6. The Bertz CT molecular complexity index is 5280. The minimum atomic E-state index is -1.98. The molecule has 0 saturated carbocycles. The van der Waals surface area contributed by atoms with Crippen molar-refractivity contribution in [1.29, 1.82) is 0 Å². The number of carbonyl (C=O) groups is 17. The Morgan fingerprint density at radius 2 is 0.947 bits per heavy atom. The number of aromatic amines is 1. The average Bonchev–Trinajstić information content (AvgIpc) is 1.80. The molecule has 0 fully saturated rings. The van der Waals surface area contributed by atoms with Crippen LogP contribution in [0.3, 0.4) is 0 Å². The second kappa shape index (κ2) is 50.8. The van der Waals surface area contributed by atoms with Crippen molar-refractivity contribution in [1.82, 2.24) is 74.1 Å². The van der Waals surface area contributed by atoms with Crippen molar-refractivity contribution in [3.63, 3.8) is 0 Å². The summed E-state index contributed by atoms with van der Waals surface area (Å²) in [6.45, 7) is 9.36. The molecule has 0 unspecified atom stereocenters. The Labute approximate surface area is 781 Å². The van der Waals surface area contributed by atoms with E-state index in [1.54, 1.807) is 91.1 Å². The van der Waals surface area contributed by atoms with E-state index in [0.717, 1.165) is 28.8 Å². The molecule has 1 aromatic heterocycles. The van der Waals surface area contributed by atoms with Crippen molar-refractivity contribution >= 4 is 147 Å². The first kappa shape index (κ1) is 107. The van der Waals surface area contributed by atoms with E-state index < -0.39 is 215 Å². The normalized spacial score (nSPS) is 14.3. The maximum Gasteiger partial charge on any atom is 0.246 e. The van der Waals surface area contributed by atoms with Crippen molar-refractivity contribution in [2.24, 2.45) is 28.7 Å². The highest BCUT2D eigenvalue weighted by molar-refractivity contribution is 7.82. The third-order valence-corrected chi connectivity index (χ3v) is 22.4. The first-order valence-electron chi connectivity index (χ1n) is 43.5. The predicted molar refractivity (Wildman–Crippen MR) is 504 cm³/mol. The van der Waals surface area contributed by atoms with Gasteiger partial charge in [0, 0.05) is 72.2 Å². The topological polar surface area (TPSA) is 622 Å². The fraction of sp³-hybridized carbons (Fsp3) is 0.430. The first-order valence-corrected chi connectivity index (χ1v) is 44.4. The molecule has 38 nitrogen and oxygen atoms in total. The zero-order chi connectivity index (χ0) is 98.0. The Kier molecular flexibility index (Phi) is 40.7. The number of unbranched alkanes of at least 4 members (excludes halogenated alkanes) is 2. The molecular formula is C93H123N19O19S2. The van der Waals surface area contributed by atoms with Gasteiger partial charge in [0.25, 0.3) is 0 Å². The van der Waals surface area contributed by atoms with Gasteiger partial charge in [0.15, 0.2) is 0 Å². The molecular weight excluding hydrogens is 1750 g/mol. The van der Waals surface area contributed by atoms with Gasteiger partial charge in [-0.15, -0.1) is 0 Å². The fourth-order valence-corrected chi connectivity index (χ4v) is 14.9. The summed E-state index contributed by atoms with van der Waals surface area (Å²) in [5.41, 5.74) is 30.3. The van der Waals surface area contributed by atoms with E-state index in [9.17, 15) is 57.8 Å². The van der Waals surface area contributed by atoms with E-state index >= 15 is 28.8 Å². The molecule has 17 amide bonds. The largest absolute Gasteiger partial charge is 0.497 e. The van der Waals surface area contributed by atoms with E-state index in [4.69, 9.17) is 46.0 Å². The molecule has 0 radical (unpaired) electrons. The lowest BCUT2D eigenvalue weighted by atomic mass is 9.91. The number of H-pyrrole nitrogens is 1. The maximum atomic E-state index is 15.6. The van der Waals surface area contributed by atoms with Gasteiger partial charge in [-0.1, -0.05) is 127 Å². The van der Waals surface area contributed by atoms with Crippen LogP contribution in [-0.2, 0) is 107 Å². The summed E-state index contributed by atoms with van der Waals surface area (Å²) in [6.07, 6.45) is -3.62. The number of methoxy groups -OCH3 is 1. The van der Waals surface area contributed by atoms with E-state index in [0.29, 0.717) is 45.3 Å². The number of aliphatic hydroxyl groups is 1. The Balaban J connectivity index is 1.19. The van der Waals surface area contributed by atoms with Gasteiger partial charge in [-0.3, -0.25) is 81.5 Å². The number of primary amides is 4. The molecule has 133 heavy (non-hydrogen) atoms. The van der Waals surface area contributed by atoms with Crippen LogP contribution in [-0.4, -0.2) is 219 Å². The maximum absolute atomic E-state index is 15.6.